The van der Waals surface area contributed by atoms with E-state index in [1.165, 1.54) is 6.26 Å². The first-order valence-electron chi connectivity index (χ1n) is 8.49. The standard InChI is InChI=1S/C17H28N2O4/c1-3-13(4-2)11-18-17(21)19-7-9-22-12-14(19)10-15(20)16-6-5-8-23-16/h5-6,8,13-15,20H,3-4,7,9-12H2,1-2H3,(H,18,21). The molecule has 1 aliphatic rings. The lowest BCUT2D eigenvalue weighted by molar-refractivity contribution is -0.00981. The molecule has 2 heterocycles. The van der Waals surface area contributed by atoms with Gasteiger partial charge >= 0.3 is 6.03 Å². The molecule has 1 aromatic rings. The monoisotopic (exact) mass is 324 g/mol. The smallest absolute Gasteiger partial charge is 0.317 e. The fraction of sp³-hybridized carbons (Fsp3) is 0.706. The predicted molar refractivity (Wildman–Crippen MR) is 87.1 cm³/mol. The molecule has 0 spiro atoms. The van der Waals surface area contributed by atoms with Crippen molar-refractivity contribution in [2.75, 3.05) is 26.3 Å². The summed E-state index contributed by atoms with van der Waals surface area (Å²) in [5, 5.41) is 13.3. The van der Waals surface area contributed by atoms with Gasteiger partial charge in [0.05, 0.1) is 25.5 Å². The summed E-state index contributed by atoms with van der Waals surface area (Å²) >= 11 is 0. The number of nitrogens with one attached hydrogen (secondary N) is 1. The van der Waals surface area contributed by atoms with Crippen LogP contribution in [0.1, 0.15) is 45.0 Å². The van der Waals surface area contributed by atoms with Crippen molar-refractivity contribution in [3.63, 3.8) is 0 Å². The molecule has 130 valence electrons. The van der Waals surface area contributed by atoms with Gasteiger partial charge in [-0.2, -0.15) is 0 Å². The van der Waals surface area contributed by atoms with Crippen LogP contribution in [0.25, 0.3) is 0 Å². The van der Waals surface area contributed by atoms with Gasteiger partial charge in [0.15, 0.2) is 0 Å². The van der Waals surface area contributed by atoms with Gasteiger partial charge in [-0.05, 0) is 18.1 Å². The first kappa shape index (κ1) is 17.8. The number of furan rings is 1. The van der Waals surface area contributed by atoms with Gasteiger partial charge in [-0.25, -0.2) is 4.79 Å². The van der Waals surface area contributed by atoms with Gasteiger partial charge in [-0.15, -0.1) is 0 Å². The molecule has 0 radical (unpaired) electrons. The van der Waals surface area contributed by atoms with Crippen LogP contribution in [0.15, 0.2) is 22.8 Å². The minimum Gasteiger partial charge on any atom is -0.467 e. The van der Waals surface area contributed by atoms with Crippen LogP contribution in [-0.2, 0) is 4.74 Å². The molecule has 6 heteroatoms. The Kier molecular flexibility index (Phi) is 6.92. The molecule has 2 unspecified atom stereocenters. The molecule has 6 nitrogen and oxygen atoms in total. The van der Waals surface area contributed by atoms with Crippen molar-refractivity contribution in [2.24, 2.45) is 5.92 Å². The number of hydrogen-bond donors (Lipinski definition) is 2. The minimum absolute atomic E-state index is 0.0724. The zero-order valence-corrected chi connectivity index (χ0v) is 14.0. The summed E-state index contributed by atoms with van der Waals surface area (Å²) in [7, 11) is 0. The average Bonchev–Trinajstić information content (AvgIpc) is 3.10. The number of aliphatic hydroxyl groups excluding tert-OH is 1. The van der Waals surface area contributed by atoms with E-state index >= 15 is 0 Å². The first-order chi connectivity index (χ1) is 11.2. The maximum atomic E-state index is 12.5. The Hall–Kier alpha value is -1.53. The van der Waals surface area contributed by atoms with Crippen LogP contribution < -0.4 is 5.32 Å². The number of amides is 2. The molecule has 2 N–H and O–H groups in total. The number of nitrogens with zero attached hydrogens (tertiary/aromatic N) is 1. The van der Waals surface area contributed by atoms with Crippen molar-refractivity contribution in [2.45, 2.75) is 45.3 Å². The Bertz CT molecular complexity index is 459. The minimum atomic E-state index is -0.731. The van der Waals surface area contributed by atoms with E-state index in [1.54, 1.807) is 17.0 Å². The Morgan fingerprint density at radius 3 is 2.91 bits per heavy atom. The van der Waals surface area contributed by atoms with E-state index in [9.17, 15) is 9.90 Å². The van der Waals surface area contributed by atoms with Gasteiger partial charge < -0.3 is 24.5 Å². The molecule has 2 amide bonds. The predicted octanol–water partition coefficient (Wildman–Crippen LogP) is 2.55. The summed E-state index contributed by atoms with van der Waals surface area (Å²) < 4.78 is 10.7. The molecule has 0 saturated carbocycles. The van der Waals surface area contributed by atoms with Crippen molar-refractivity contribution in [1.29, 1.82) is 0 Å². The SMILES string of the molecule is CCC(CC)CNC(=O)N1CCOCC1CC(O)c1ccco1. The Morgan fingerprint density at radius 2 is 2.26 bits per heavy atom. The van der Waals surface area contributed by atoms with Gasteiger partial charge in [0.25, 0.3) is 0 Å². The third-order valence-corrected chi connectivity index (χ3v) is 4.55. The van der Waals surface area contributed by atoms with Crippen LogP contribution in [0, 0.1) is 5.92 Å². The van der Waals surface area contributed by atoms with Crippen molar-refractivity contribution >= 4 is 6.03 Å². The normalized spacial score (nSPS) is 19.8. The zero-order valence-electron chi connectivity index (χ0n) is 14.0. The molecule has 1 aliphatic heterocycles. The summed E-state index contributed by atoms with van der Waals surface area (Å²) in [5.74, 6) is 1.03. The molecule has 0 aliphatic carbocycles. The highest BCUT2D eigenvalue weighted by Crippen LogP contribution is 2.23. The van der Waals surface area contributed by atoms with Crippen LogP contribution in [0.2, 0.25) is 0 Å². The van der Waals surface area contributed by atoms with Crippen molar-refractivity contribution in [1.82, 2.24) is 10.2 Å². The van der Waals surface area contributed by atoms with Gasteiger partial charge in [-0.3, -0.25) is 0 Å². The molecule has 1 saturated heterocycles. The number of ether oxygens (including phenoxy) is 1. The van der Waals surface area contributed by atoms with Crippen molar-refractivity contribution in [3.8, 4) is 0 Å². The fourth-order valence-corrected chi connectivity index (χ4v) is 2.88. The van der Waals surface area contributed by atoms with Crippen LogP contribution in [-0.4, -0.2) is 48.4 Å². The van der Waals surface area contributed by atoms with Gasteiger partial charge in [-0.1, -0.05) is 26.7 Å². The largest absolute Gasteiger partial charge is 0.467 e. The van der Waals surface area contributed by atoms with Crippen molar-refractivity contribution < 1.29 is 19.1 Å². The average molecular weight is 324 g/mol. The first-order valence-corrected chi connectivity index (χ1v) is 8.49. The molecule has 0 bridgehead atoms. The number of morpholine rings is 1. The van der Waals surface area contributed by atoms with E-state index < -0.39 is 6.10 Å². The lowest BCUT2D eigenvalue weighted by atomic mass is 10.0. The Balaban J connectivity index is 1.90. The summed E-state index contributed by atoms with van der Waals surface area (Å²) in [5.41, 5.74) is 0. The molecule has 1 fully saturated rings. The highest BCUT2D eigenvalue weighted by atomic mass is 16.5. The molecule has 1 aromatic heterocycles. The third kappa shape index (κ3) is 4.97. The lowest BCUT2D eigenvalue weighted by Crippen LogP contribution is -2.53. The molecular weight excluding hydrogens is 296 g/mol. The topological polar surface area (TPSA) is 74.9 Å². The third-order valence-electron chi connectivity index (χ3n) is 4.55. The van der Waals surface area contributed by atoms with Crippen LogP contribution in [0.5, 0.6) is 0 Å². The second-order valence-electron chi connectivity index (χ2n) is 6.06. The van der Waals surface area contributed by atoms with E-state index in [2.05, 4.69) is 19.2 Å². The van der Waals surface area contributed by atoms with Gasteiger partial charge in [0.2, 0.25) is 0 Å². The molecule has 2 rings (SSSR count). The molecule has 23 heavy (non-hydrogen) atoms. The maximum absolute atomic E-state index is 12.5. The van der Waals surface area contributed by atoms with E-state index in [0.29, 0.717) is 44.4 Å². The Morgan fingerprint density at radius 1 is 1.48 bits per heavy atom. The highest BCUT2D eigenvalue weighted by Gasteiger charge is 2.30. The number of aliphatic hydroxyl groups is 1. The number of urea groups is 1. The zero-order chi connectivity index (χ0) is 16.7. The maximum Gasteiger partial charge on any atom is 0.317 e. The number of rotatable bonds is 7. The van der Waals surface area contributed by atoms with E-state index in [1.807, 2.05) is 0 Å². The molecular formula is C17H28N2O4. The van der Waals surface area contributed by atoms with Gasteiger partial charge in [0.1, 0.15) is 11.9 Å². The Labute approximate surface area is 137 Å². The van der Waals surface area contributed by atoms with E-state index in [4.69, 9.17) is 9.15 Å². The molecule has 0 aromatic carbocycles. The summed E-state index contributed by atoms with van der Waals surface area (Å²) in [6, 6.07) is 3.27. The highest BCUT2D eigenvalue weighted by molar-refractivity contribution is 5.74. The quantitative estimate of drug-likeness (QED) is 0.808. The summed E-state index contributed by atoms with van der Waals surface area (Å²) in [6.07, 6.45) is 3.33. The summed E-state index contributed by atoms with van der Waals surface area (Å²) in [6.45, 7) is 6.48. The number of carbonyl (C=O) groups is 1. The lowest BCUT2D eigenvalue weighted by Gasteiger charge is -2.36. The van der Waals surface area contributed by atoms with Crippen LogP contribution >= 0.6 is 0 Å². The van der Waals surface area contributed by atoms with Crippen LogP contribution in [0.3, 0.4) is 0 Å². The van der Waals surface area contributed by atoms with Crippen LogP contribution in [0.4, 0.5) is 4.79 Å². The second-order valence-corrected chi connectivity index (χ2v) is 6.06. The molecule has 2 atom stereocenters. The van der Waals surface area contributed by atoms with E-state index in [-0.39, 0.29) is 12.1 Å². The second kappa shape index (κ2) is 8.93. The van der Waals surface area contributed by atoms with Gasteiger partial charge in [0, 0.05) is 19.5 Å². The fourth-order valence-electron chi connectivity index (χ4n) is 2.88. The summed E-state index contributed by atoms with van der Waals surface area (Å²) in [4.78, 5) is 14.2. The van der Waals surface area contributed by atoms with E-state index in [0.717, 1.165) is 12.8 Å². The number of carbonyl (C=O) groups excluding carboxylic acids is 1. The van der Waals surface area contributed by atoms with Crippen molar-refractivity contribution in [3.05, 3.63) is 24.2 Å². The number of hydrogen-bond acceptors (Lipinski definition) is 4.